The van der Waals surface area contributed by atoms with Crippen molar-refractivity contribution in [3.8, 4) is 11.4 Å². The summed E-state index contributed by atoms with van der Waals surface area (Å²) in [5, 5.41) is 15.5. The molecule has 1 aromatic carbocycles. The lowest BCUT2D eigenvalue weighted by atomic mass is 10.1. The topological polar surface area (TPSA) is 82.7 Å². The monoisotopic (exact) mass is 362 g/mol. The van der Waals surface area contributed by atoms with E-state index in [1.54, 1.807) is 0 Å². The van der Waals surface area contributed by atoms with Gasteiger partial charge < -0.3 is 9.64 Å². The molecule has 1 unspecified atom stereocenters. The summed E-state index contributed by atoms with van der Waals surface area (Å²) >= 11 is 3.43. The maximum atomic E-state index is 5.55. The second-order valence-electron chi connectivity index (χ2n) is 5.38. The van der Waals surface area contributed by atoms with E-state index in [0.29, 0.717) is 12.4 Å². The Morgan fingerprint density at radius 3 is 3.09 bits per heavy atom. The van der Waals surface area contributed by atoms with Crippen molar-refractivity contribution in [2.24, 2.45) is 0 Å². The van der Waals surface area contributed by atoms with Crippen LogP contribution < -0.4 is 4.90 Å². The van der Waals surface area contributed by atoms with Gasteiger partial charge in [0.25, 0.3) is 0 Å². The first-order valence-electron chi connectivity index (χ1n) is 7.13. The van der Waals surface area contributed by atoms with Gasteiger partial charge in [0.05, 0.1) is 18.2 Å². The molecule has 8 heteroatoms. The van der Waals surface area contributed by atoms with Crippen molar-refractivity contribution in [3.05, 3.63) is 22.8 Å². The fourth-order valence-corrected chi connectivity index (χ4v) is 3.07. The first-order chi connectivity index (χ1) is 10.7. The quantitative estimate of drug-likeness (QED) is 0.730. The molecule has 0 radical (unpaired) electrons. The van der Waals surface area contributed by atoms with Crippen molar-refractivity contribution in [2.75, 3.05) is 24.6 Å². The summed E-state index contributed by atoms with van der Waals surface area (Å²) in [6.45, 7) is 4.42. The van der Waals surface area contributed by atoms with Crippen LogP contribution in [0.2, 0.25) is 0 Å². The van der Waals surface area contributed by atoms with Gasteiger partial charge in [0, 0.05) is 24.0 Å². The van der Waals surface area contributed by atoms with Crippen LogP contribution in [0.15, 0.2) is 22.8 Å². The predicted molar refractivity (Wildman–Crippen MR) is 86.8 cm³/mol. The summed E-state index contributed by atoms with van der Waals surface area (Å²) in [6, 6.07) is 5.99. The highest BCUT2D eigenvalue weighted by atomic mass is 79.9. The van der Waals surface area contributed by atoms with Crippen molar-refractivity contribution in [3.63, 3.8) is 0 Å². The van der Waals surface area contributed by atoms with E-state index >= 15 is 0 Å². The van der Waals surface area contributed by atoms with Gasteiger partial charge in [-0.05, 0) is 41.1 Å². The van der Waals surface area contributed by atoms with Gasteiger partial charge in [-0.25, -0.2) is 5.10 Å². The third-order valence-corrected chi connectivity index (χ3v) is 4.39. The molecule has 1 atom stereocenters. The first kappa shape index (κ1) is 13.7. The number of nitrogens with zero attached hydrogens (tertiary/aromatic N) is 4. The van der Waals surface area contributed by atoms with Gasteiger partial charge in [-0.3, -0.25) is 5.10 Å². The van der Waals surface area contributed by atoms with Crippen molar-refractivity contribution in [1.82, 2.24) is 25.4 Å². The number of nitrogens with one attached hydrogen (secondary N) is 2. The summed E-state index contributed by atoms with van der Waals surface area (Å²) in [4.78, 5) is 6.78. The number of benzene rings is 1. The molecule has 1 aliphatic rings. The molecular formula is C14H15BrN6O. The predicted octanol–water partition coefficient (Wildman–Crippen LogP) is 2.34. The minimum Gasteiger partial charge on any atom is -0.375 e. The molecule has 1 saturated heterocycles. The SMILES string of the molecule is CC1CN(c2nc(-c3ccc4[nH]nc(Br)c4c3)n[nH]2)CCO1. The van der Waals surface area contributed by atoms with Crippen LogP contribution in [0.5, 0.6) is 0 Å². The zero-order valence-electron chi connectivity index (χ0n) is 12.0. The number of aromatic amines is 2. The maximum absolute atomic E-state index is 5.55. The van der Waals surface area contributed by atoms with Gasteiger partial charge in [0.2, 0.25) is 5.95 Å². The van der Waals surface area contributed by atoms with Crippen molar-refractivity contribution in [2.45, 2.75) is 13.0 Å². The highest BCUT2D eigenvalue weighted by molar-refractivity contribution is 9.10. The number of ether oxygens (including phenoxy) is 1. The Morgan fingerprint density at radius 1 is 1.32 bits per heavy atom. The van der Waals surface area contributed by atoms with Crippen LogP contribution in [0.1, 0.15) is 6.92 Å². The lowest BCUT2D eigenvalue weighted by Crippen LogP contribution is -2.41. The summed E-state index contributed by atoms with van der Waals surface area (Å²) in [7, 11) is 0. The molecule has 0 saturated carbocycles. The van der Waals surface area contributed by atoms with E-state index in [1.165, 1.54) is 0 Å². The highest BCUT2D eigenvalue weighted by Crippen LogP contribution is 2.26. The molecule has 3 heterocycles. The number of hydrogen-bond acceptors (Lipinski definition) is 5. The molecule has 0 bridgehead atoms. The first-order valence-corrected chi connectivity index (χ1v) is 7.93. The molecule has 1 aliphatic heterocycles. The highest BCUT2D eigenvalue weighted by Gasteiger charge is 2.20. The molecule has 0 spiro atoms. The Hall–Kier alpha value is -1.93. The number of anilines is 1. The molecule has 2 aromatic heterocycles. The van der Waals surface area contributed by atoms with E-state index in [9.17, 15) is 0 Å². The Kier molecular flexibility index (Phi) is 3.34. The van der Waals surface area contributed by atoms with Gasteiger partial charge in [0.1, 0.15) is 4.60 Å². The third-order valence-electron chi connectivity index (χ3n) is 3.79. The largest absolute Gasteiger partial charge is 0.375 e. The van der Waals surface area contributed by atoms with Crippen molar-refractivity contribution in [1.29, 1.82) is 0 Å². The zero-order valence-corrected chi connectivity index (χ0v) is 13.6. The molecule has 22 heavy (non-hydrogen) atoms. The molecule has 2 N–H and O–H groups in total. The van der Waals surface area contributed by atoms with E-state index in [2.05, 4.69) is 53.1 Å². The number of hydrogen-bond donors (Lipinski definition) is 2. The van der Waals surface area contributed by atoms with E-state index in [4.69, 9.17) is 4.74 Å². The van der Waals surface area contributed by atoms with E-state index < -0.39 is 0 Å². The lowest BCUT2D eigenvalue weighted by molar-refractivity contribution is 0.0526. The number of H-pyrrole nitrogens is 2. The van der Waals surface area contributed by atoms with Gasteiger partial charge in [-0.2, -0.15) is 15.2 Å². The second kappa shape index (κ2) is 5.36. The summed E-state index contributed by atoms with van der Waals surface area (Å²) in [5.74, 6) is 1.47. The van der Waals surface area contributed by atoms with Crippen molar-refractivity contribution < 1.29 is 4.74 Å². The Labute approximate surface area is 135 Å². The molecule has 114 valence electrons. The standard InChI is InChI=1S/C14H15BrN6O/c1-8-7-21(4-5-22-8)14-16-13(19-20-14)9-2-3-11-10(6-9)12(15)18-17-11/h2-3,6,8H,4-5,7H2,1H3,(H,17,18)(H,16,19,20). The van der Waals surface area contributed by atoms with Gasteiger partial charge >= 0.3 is 0 Å². The molecule has 3 aromatic rings. The van der Waals surface area contributed by atoms with Gasteiger partial charge in [0.15, 0.2) is 5.82 Å². The maximum Gasteiger partial charge on any atom is 0.221 e. The molecule has 0 aliphatic carbocycles. The van der Waals surface area contributed by atoms with Gasteiger partial charge in [-0.1, -0.05) is 0 Å². The van der Waals surface area contributed by atoms with Crippen molar-refractivity contribution >= 4 is 32.8 Å². The summed E-state index contributed by atoms with van der Waals surface area (Å²) in [6.07, 6.45) is 0.209. The second-order valence-corrected chi connectivity index (χ2v) is 6.14. The smallest absolute Gasteiger partial charge is 0.221 e. The minimum atomic E-state index is 0.209. The van der Waals surface area contributed by atoms with E-state index in [0.717, 1.165) is 40.1 Å². The fourth-order valence-electron chi connectivity index (χ4n) is 2.66. The Morgan fingerprint density at radius 2 is 2.23 bits per heavy atom. The number of halogens is 1. The van der Waals surface area contributed by atoms with Crippen LogP contribution in [0, 0.1) is 0 Å². The summed E-state index contributed by atoms with van der Waals surface area (Å²) < 4.78 is 6.35. The third kappa shape index (κ3) is 2.38. The molecular weight excluding hydrogens is 348 g/mol. The molecule has 7 nitrogen and oxygen atoms in total. The average molecular weight is 363 g/mol. The van der Waals surface area contributed by atoms with E-state index in [-0.39, 0.29) is 6.10 Å². The number of aromatic nitrogens is 5. The van der Waals surface area contributed by atoms with Gasteiger partial charge in [-0.15, -0.1) is 0 Å². The number of morpholine rings is 1. The van der Waals surface area contributed by atoms with Crippen LogP contribution in [0.25, 0.3) is 22.3 Å². The van der Waals surface area contributed by atoms with Crippen LogP contribution in [-0.2, 0) is 4.74 Å². The fraction of sp³-hybridized carbons (Fsp3) is 0.357. The lowest BCUT2D eigenvalue weighted by Gasteiger charge is -2.30. The summed E-state index contributed by atoms with van der Waals surface area (Å²) in [5.41, 5.74) is 1.94. The number of fused-ring (bicyclic) bond motifs is 1. The van der Waals surface area contributed by atoms with Crippen LogP contribution in [-0.4, -0.2) is 51.2 Å². The van der Waals surface area contributed by atoms with Crippen LogP contribution in [0.4, 0.5) is 5.95 Å². The normalized spacial score (nSPS) is 19.0. The van der Waals surface area contributed by atoms with E-state index in [1.807, 2.05) is 18.2 Å². The minimum absolute atomic E-state index is 0.209. The Balaban J connectivity index is 1.66. The molecule has 1 fully saturated rings. The average Bonchev–Trinajstić information content (AvgIpc) is 3.15. The molecule has 4 rings (SSSR count). The van der Waals surface area contributed by atoms with Crippen LogP contribution in [0.3, 0.4) is 0 Å². The number of rotatable bonds is 2. The van der Waals surface area contributed by atoms with Crippen LogP contribution >= 0.6 is 15.9 Å². The molecule has 0 amide bonds. The zero-order chi connectivity index (χ0) is 15.1. The Bertz CT molecular complexity index is 813.